The van der Waals surface area contributed by atoms with Crippen LogP contribution in [-0.4, -0.2) is 42.6 Å². The van der Waals surface area contributed by atoms with Crippen LogP contribution in [0.15, 0.2) is 6.33 Å². The Kier molecular flexibility index (Phi) is 3.46. The van der Waals surface area contributed by atoms with Crippen molar-refractivity contribution in [3.63, 3.8) is 0 Å². The summed E-state index contributed by atoms with van der Waals surface area (Å²) in [6, 6.07) is 0. The summed E-state index contributed by atoms with van der Waals surface area (Å²) in [6.07, 6.45) is 3.57. The third kappa shape index (κ3) is 2.16. The number of carbonyl (C=O) groups is 1. The summed E-state index contributed by atoms with van der Waals surface area (Å²) < 4.78 is 0. The van der Waals surface area contributed by atoms with E-state index in [9.17, 15) is 4.79 Å². The number of nitrogens with zero attached hydrogens (tertiary/aromatic N) is 3. The van der Waals surface area contributed by atoms with E-state index >= 15 is 0 Å². The van der Waals surface area contributed by atoms with Gasteiger partial charge in [0.05, 0.1) is 11.3 Å². The molecule has 0 spiro atoms. The zero-order chi connectivity index (χ0) is 15.1. The average molecular weight is 317 g/mol. The van der Waals surface area contributed by atoms with Gasteiger partial charge < -0.3 is 15.5 Å². The fourth-order valence-electron chi connectivity index (χ4n) is 3.45. The van der Waals surface area contributed by atoms with Gasteiger partial charge in [0.15, 0.2) is 0 Å². The molecule has 1 atom stereocenters. The molecule has 2 aromatic rings. The Bertz CT molecular complexity index is 728. The lowest BCUT2D eigenvalue weighted by molar-refractivity contribution is -0.123. The molecule has 2 N–H and O–H groups in total. The smallest absolute Gasteiger partial charge is 0.224 e. The summed E-state index contributed by atoms with van der Waals surface area (Å²) in [5.74, 6) is 1.20. The number of nitrogens with one attached hydrogen (secondary N) is 2. The number of aromatic nitrogens is 2. The lowest BCUT2D eigenvalue weighted by Gasteiger charge is -2.19. The normalized spacial score (nSPS) is 21.1. The summed E-state index contributed by atoms with van der Waals surface area (Å²) in [5, 5.41) is 7.38. The minimum Gasteiger partial charge on any atom is -0.359 e. The van der Waals surface area contributed by atoms with Crippen LogP contribution in [0.2, 0.25) is 0 Å². The number of hydrogen-bond donors (Lipinski definition) is 2. The van der Waals surface area contributed by atoms with Crippen LogP contribution >= 0.6 is 11.3 Å². The second-order valence-electron chi connectivity index (χ2n) is 5.85. The van der Waals surface area contributed by atoms with E-state index < -0.39 is 0 Å². The van der Waals surface area contributed by atoms with Gasteiger partial charge in [0.2, 0.25) is 5.91 Å². The summed E-state index contributed by atoms with van der Waals surface area (Å²) in [4.78, 5) is 25.6. The minimum atomic E-state index is 0.0612. The molecule has 2 aromatic heterocycles. The van der Waals surface area contributed by atoms with Gasteiger partial charge in [-0.05, 0) is 24.9 Å². The summed E-state index contributed by atoms with van der Waals surface area (Å²) in [7, 11) is 1.70. The van der Waals surface area contributed by atoms with Crippen molar-refractivity contribution in [3.8, 4) is 0 Å². The van der Waals surface area contributed by atoms with Crippen molar-refractivity contribution < 1.29 is 4.79 Å². The van der Waals surface area contributed by atoms with Crippen molar-refractivity contribution in [2.45, 2.75) is 19.4 Å². The molecule has 0 aromatic carbocycles. The molecule has 6 nitrogen and oxygen atoms in total. The molecule has 0 aliphatic carbocycles. The van der Waals surface area contributed by atoms with Gasteiger partial charge in [-0.15, -0.1) is 11.3 Å². The zero-order valence-electron chi connectivity index (χ0n) is 12.6. The van der Waals surface area contributed by atoms with Crippen LogP contribution in [0.4, 0.5) is 5.82 Å². The van der Waals surface area contributed by atoms with E-state index in [2.05, 4.69) is 25.5 Å². The van der Waals surface area contributed by atoms with Crippen LogP contribution in [0.25, 0.3) is 10.2 Å². The van der Waals surface area contributed by atoms with E-state index in [4.69, 9.17) is 0 Å². The maximum Gasteiger partial charge on any atom is 0.224 e. The molecule has 1 fully saturated rings. The molecule has 7 heteroatoms. The molecule has 0 saturated carbocycles. The van der Waals surface area contributed by atoms with Gasteiger partial charge in [-0.25, -0.2) is 9.97 Å². The van der Waals surface area contributed by atoms with Crippen molar-refractivity contribution in [2.75, 3.05) is 31.6 Å². The van der Waals surface area contributed by atoms with Crippen molar-refractivity contribution >= 4 is 33.3 Å². The van der Waals surface area contributed by atoms with Gasteiger partial charge in [-0.1, -0.05) is 0 Å². The predicted octanol–water partition coefficient (Wildman–Crippen LogP) is 0.909. The van der Waals surface area contributed by atoms with Crippen LogP contribution in [0, 0.1) is 5.92 Å². The van der Waals surface area contributed by atoms with Gasteiger partial charge in [0.1, 0.15) is 17.0 Å². The van der Waals surface area contributed by atoms with Crippen molar-refractivity contribution in [2.24, 2.45) is 5.92 Å². The highest BCUT2D eigenvalue weighted by Crippen LogP contribution is 2.38. The van der Waals surface area contributed by atoms with Gasteiger partial charge in [-0.3, -0.25) is 4.79 Å². The molecule has 1 unspecified atom stereocenters. The van der Waals surface area contributed by atoms with Crippen molar-refractivity contribution in [1.29, 1.82) is 0 Å². The second kappa shape index (κ2) is 5.48. The Morgan fingerprint density at radius 3 is 3.27 bits per heavy atom. The Morgan fingerprint density at radius 2 is 2.41 bits per heavy atom. The van der Waals surface area contributed by atoms with Gasteiger partial charge in [0, 0.05) is 31.6 Å². The monoisotopic (exact) mass is 317 g/mol. The third-order valence-corrected chi connectivity index (χ3v) is 5.73. The van der Waals surface area contributed by atoms with Crippen LogP contribution in [0.5, 0.6) is 0 Å². The SMILES string of the molecule is CNC(=O)C1CCN(c2ncnc3sc4c(c23)CCNC4)C1. The minimum absolute atomic E-state index is 0.0612. The average Bonchev–Trinajstić information content (AvgIpc) is 3.18. The molecule has 0 radical (unpaired) electrons. The topological polar surface area (TPSA) is 70.2 Å². The Balaban J connectivity index is 1.73. The van der Waals surface area contributed by atoms with E-state index in [0.717, 1.165) is 49.7 Å². The molecular weight excluding hydrogens is 298 g/mol. The third-order valence-electron chi connectivity index (χ3n) is 4.59. The van der Waals surface area contributed by atoms with E-state index in [1.165, 1.54) is 15.8 Å². The lowest BCUT2D eigenvalue weighted by Crippen LogP contribution is -2.30. The Morgan fingerprint density at radius 1 is 1.50 bits per heavy atom. The highest BCUT2D eigenvalue weighted by Gasteiger charge is 2.30. The lowest BCUT2D eigenvalue weighted by atomic mass is 10.1. The highest BCUT2D eigenvalue weighted by molar-refractivity contribution is 7.19. The molecule has 1 amide bonds. The molecule has 4 rings (SSSR count). The quantitative estimate of drug-likeness (QED) is 0.861. The fraction of sp³-hybridized carbons (Fsp3) is 0.533. The number of fused-ring (bicyclic) bond motifs is 3. The van der Waals surface area contributed by atoms with E-state index in [-0.39, 0.29) is 11.8 Å². The highest BCUT2D eigenvalue weighted by atomic mass is 32.1. The maximum atomic E-state index is 11.9. The van der Waals surface area contributed by atoms with Crippen LogP contribution < -0.4 is 15.5 Å². The molecule has 2 aliphatic heterocycles. The molecule has 2 aliphatic rings. The first kappa shape index (κ1) is 13.9. The van der Waals surface area contributed by atoms with Crippen LogP contribution in [-0.2, 0) is 17.8 Å². The predicted molar refractivity (Wildman–Crippen MR) is 87.2 cm³/mol. The summed E-state index contributed by atoms with van der Waals surface area (Å²) in [5.41, 5.74) is 1.40. The Hall–Kier alpha value is -1.73. The molecule has 22 heavy (non-hydrogen) atoms. The molecule has 0 bridgehead atoms. The largest absolute Gasteiger partial charge is 0.359 e. The number of thiophene rings is 1. The van der Waals surface area contributed by atoms with E-state index in [0.29, 0.717) is 0 Å². The van der Waals surface area contributed by atoms with E-state index in [1.54, 1.807) is 24.7 Å². The molecule has 1 saturated heterocycles. The second-order valence-corrected chi connectivity index (χ2v) is 6.94. The number of rotatable bonds is 2. The maximum absolute atomic E-state index is 11.9. The van der Waals surface area contributed by atoms with Crippen molar-refractivity contribution in [1.82, 2.24) is 20.6 Å². The fourth-order valence-corrected chi connectivity index (χ4v) is 4.60. The number of amides is 1. The standard InChI is InChI=1S/C15H19N5OS/c1-16-14(21)9-3-5-20(7-9)13-12-10-2-4-17-6-11(10)22-15(12)19-8-18-13/h8-9,17H,2-7H2,1H3,(H,16,21). The van der Waals surface area contributed by atoms with Gasteiger partial charge >= 0.3 is 0 Å². The van der Waals surface area contributed by atoms with E-state index in [1.807, 2.05) is 0 Å². The number of hydrogen-bond acceptors (Lipinski definition) is 6. The van der Waals surface area contributed by atoms with Gasteiger partial charge in [0.25, 0.3) is 0 Å². The first-order valence-corrected chi connectivity index (χ1v) is 8.52. The molecular formula is C15H19N5OS. The van der Waals surface area contributed by atoms with Crippen LogP contribution in [0.1, 0.15) is 16.9 Å². The summed E-state index contributed by atoms with van der Waals surface area (Å²) >= 11 is 1.76. The molecule has 116 valence electrons. The molecule has 4 heterocycles. The van der Waals surface area contributed by atoms with Gasteiger partial charge in [-0.2, -0.15) is 0 Å². The zero-order valence-corrected chi connectivity index (χ0v) is 13.4. The summed E-state index contributed by atoms with van der Waals surface area (Å²) in [6.45, 7) is 3.56. The van der Waals surface area contributed by atoms with Crippen LogP contribution in [0.3, 0.4) is 0 Å². The number of anilines is 1. The first-order chi connectivity index (χ1) is 10.8. The first-order valence-electron chi connectivity index (χ1n) is 7.70. The van der Waals surface area contributed by atoms with Crippen molar-refractivity contribution in [3.05, 3.63) is 16.8 Å². The number of carbonyl (C=O) groups excluding carboxylic acids is 1. The Labute approximate surface area is 132 Å².